The van der Waals surface area contributed by atoms with Crippen LogP contribution >= 0.6 is 0 Å². The van der Waals surface area contributed by atoms with E-state index < -0.39 is 10.1 Å². The summed E-state index contributed by atoms with van der Waals surface area (Å²) in [5.41, 5.74) is 6.47. The molecule has 28 heavy (non-hydrogen) atoms. The van der Waals surface area contributed by atoms with Crippen LogP contribution in [0.5, 0.6) is 0 Å². The summed E-state index contributed by atoms with van der Waals surface area (Å²) < 4.78 is 29.6. The van der Waals surface area contributed by atoms with Crippen molar-refractivity contribution in [1.29, 1.82) is 0 Å². The molecule has 4 rings (SSSR count). The molecule has 0 amide bonds. The minimum Gasteiger partial charge on any atom is -0.361 e. The summed E-state index contributed by atoms with van der Waals surface area (Å²) in [4.78, 5) is 3.31. The molecule has 0 saturated heterocycles. The molecule has 1 aliphatic rings. The SMILES string of the molecule is CCc1ccc2[nH]cc(C3=CCNCC3)c2c1.Cc1ccc(S(=O)(=O)O)cc1. The van der Waals surface area contributed by atoms with E-state index in [-0.39, 0.29) is 4.90 Å². The van der Waals surface area contributed by atoms with Crippen LogP contribution in [0, 0.1) is 6.92 Å². The Morgan fingerprint density at radius 3 is 2.46 bits per heavy atom. The van der Waals surface area contributed by atoms with Gasteiger partial charge in [-0.25, -0.2) is 0 Å². The van der Waals surface area contributed by atoms with Crippen molar-refractivity contribution in [2.75, 3.05) is 13.1 Å². The third kappa shape index (κ3) is 4.90. The first-order valence-electron chi connectivity index (χ1n) is 9.43. The summed E-state index contributed by atoms with van der Waals surface area (Å²) in [5.74, 6) is 0. The average molecular weight is 399 g/mol. The van der Waals surface area contributed by atoms with Gasteiger partial charge in [-0.15, -0.1) is 0 Å². The normalized spacial score (nSPS) is 14.3. The van der Waals surface area contributed by atoms with Crippen LogP contribution in [-0.4, -0.2) is 31.0 Å². The molecule has 3 aromatic rings. The lowest BCUT2D eigenvalue weighted by atomic mass is 9.98. The molecule has 0 aliphatic carbocycles. The van der Waals surface area contributed by atoms with Gasteiger partial charge in [-0.3, -0.25) is 4.55 Å². The minimum absolute atomic E-state index is 0.0666. The lowest BCUT2D eigenvalue weighted by Crippen LogP contribution is -2.19. The number of H-pyrrole nitrogens is 1. The number of hydrogen-bond acceptors (Lipinski definition) is 3. The molecule has 0 bridgehead atoms. The van der Waals surface area contributed by atoms with E-state index in [2.05, 4.69) is 47.7 Å². The van der Waals surface area contributed by atoms with Crippen LogP contribution in [0.1, 0.15) is 30.0 Å². The van der Waals surface area contributed by atoms with E-state index in [9.17, 15) is 8.42 Å². The van der Waals surface area contributed by atoms with E-state index in [1.54, 1.807) is 12.1 Å². The molecule has 6 heteroatoms. The Kier molecular flexibility index (Phi) is 6.34. The molecular formula is C22H26N2O3S. The average Bonchev–Trinajstić information content (AvgIpc) is 3.12. The molecule has 0 atom stereocenters. The van der Waals surface area contributed by atoms with Crippen LogP contribution in [0.3, 0.4) is 0 Å². The molecule has 2 aromatic carbocycles. The van der Waals surface area contributed by atoms with Crippen molar-refractivity contribution < 1.29 is 13.0 Å². The lowest BCUT2D eigenvalue weighted by Gasteiger charge is -2.13. The summed E-state index contributed by atoms with van der Waals surface area (Å²) in [7, 11) is -4.02. The van der Waals surface area contributed by atoms with Gasteiger partial charge >= 0.3 is 0 Å². The number of benzene rings is 2. The largest absolute Gasteiger partial charge is 0.361 e. The molecule has 0 saturated carbocycles. The number of fused-ring (bicyclic) bond motifs is 1. The molecule has 3 N–H and O–H groups in total. The Morgan fingerprint density at radius 2 is 1.86 bits per heavy atom. The number of nitrogens with one attached hydrogen (secondary N) is 2. The summed E-state index contributed by atoms with van der Waals surface area (Å²) in [5, 5.41) is 4.73. The maximum atomic E-state index is 10.5. The van der Waals surface area contributed by atoms with Crippen molar-refractivity contribution in [3.63, 3.8) is 0 Å². The van der Waals surface area contributed by atoms with E-state index in [1.165, 1.54) is 39.7 Å². The predicted molar refractivity (Wildman–Crippen MR) is 114 cm³/mol. The summed E-state index contributed by atoms with van der Waals surface area (Å²) in [6.45, 7) is 6.13. The van der Waals surface area contributed by atoms with Gasteiger partial charge in [0.05, 0.1) is 4.90 Å². The van der Waals surface area contributed by atoms with Crippen molar-refractivity contribution in [2.45, 2.75) is 31.6 Å². The van der Waals surface area contributed by atoms with E-state index in [0.717, 1.165) is 31.5 Å². The van der Waals surface area contributed by atoms with Crippen molar-refractivity contribution in [3.8, 4) is 0 Å². The molecule has 0 fully saturated rings. The van der Waals surface area contributed by atoms with Crippen molar-refractivity contribution in [2.24, 2.45) is 0 Å². The zero-order chi connectivity index (χ0) is 20.1. The molecule has 1 aromatic heterocycles. The van der Waals surface area contributed by atoms with Crippen molar-refractivity contribution in [1.82, 2.24) is 10.3 Å². The topological polar surface area (TPSA) is 82.2 Å². The number of aromatic amines is 1. The van der Waals surface area contributed by atoms with Crippen LogP contribution < -0.4 is 5.32 Å². The maximum Gasteiger partial charge on any atom is 0.294 e. The number of aromatic nitrogens is 1. The highest BCUT2D eigenvalue weighted by Crippen LogP contribution is 2.28. The lowest BCUT2D eigenvalue weighted by molar-refractivity contribution is 0.483. The van der Waals surface area contributed by atoms with Crippen molar-refractivity contribution >= 4 is 26.6 Å². The second kappa shape index (κ2) is 8.73. The van der Waals surface area contributed by atoms with Gasteiger partial charge in [0.15, 0.2) is 0 Å². The zero-order valence-electron chi connectivity index (χ0n) is 16.2. The first kappa shape index (κ1) is 20.3. The Labute approximate surface area is 166 Å². The van der Waals surface area contributed by atoms with Gasteiger partial charge in [0.1, 0.15) is 0 Å². The quantitative estimate of drug-likeness (QED) is 0.573. The number of rotatable bonds is 3. The Bertz CT molecular complexity index is 1080. The van der Waals surface area contributed by atoms with Crippen LogP contribution in [-0.2, 0) is 16.5 Å². The molecule has 148 valence electrons. The predicted octanol–water partition coefficient (Wildman–Crippen LogP) is 4.35. The fourth-order valence-electron chi connectivity index (χ4n) is 3.23. The fourth-order valence-corrected chi connectivity index (χ4v) is 3.71. The second-order valence-electron chi connectivity index (χ2n) is 6.91. The summed E-state index contributed by atoms with van der Waals surface area (Å²) >= 11 is 0. The fraction of sp³-hybridized carbons (Fsp3) is 0.273. The van der Waals surface area contributed by atoms with Gasteiger partial charge in [-0.2, -0.15) is 8.42 Å². The third-order valence-corrected chi connectivity index (χ3v) is 5.75. The van der Waals surface area contributed by atoms with Gasteiger partial charge in [-0.05, 0) is 61.7 Å². The smallest absolute Gasteiger partial charge is 0.294 e. The number of aryl methyl sites for hydroxylation is 2. The zero-order valence-corrected chi connectivity index (χ0v) is 17.0. The van der Waals surface area contributed by atoms with Crippen LogP contribution in [0.15, 0.2) is 59.6 Å². The third-order valence-electron chi connectivity index (χ3n) is 4.88. The monoisotopic (exact) mass is 398 g/mol. The van der Waals surface area contributed by atoms with Crippen LogP contribution in [0.2, 0.25) is 0 Å². The summed E-state index contributed by atoms with van der Waals surface area (Å²) in [6, 6.07) is 12.7. The Hall–Kier alpha value is -2.41. The Balaban J connectivity index is 0.000000178. The van der Waals surface area contributed by atoms with E-state index >= 15 is 0 Å². The van der Waals surface area contributed by atoms with E-state index in [4.69, 9.17) is 4.55 Å². The van der Waals surface area contributed by atoms with E-state index in [1.807, 2.05) is 6.92 Å². The van der Waals surface area contributed by atoms with E-state index in [0.29, 0.717) is 0 Å². The molecule has 5 nitrogen and oxygen atoms in total. The summed E-state index contributed by atoms with van der Waals surface area (Å²) in [6.07, 6.45) is 6.69. The van der Waals surface area contributed by atoms with Gasteiger partial charge in [0, 0.05) is 29.2 Å². The molecule has 0 spiro atoms. The first-order chi connectivity index (χ1) is 13.4. The molecule has 0 radical (unpaired) electrons. The van der Waals surface area contributed by atoms with Gasteiger partial charge in [-0.1, -0.05) is 36.8 Å². The highest BCUT2D eigenvalue weighted by atomic mass is 32.2. The van der Waals surface area contributed by atoms with Gasteiger partial charge < -0.3 is 10.3 Å². The standard InChI is InChI=1S/C15H18N2.C7H8O3S/c1-2-11-3-4-15-13(9-11)14(10-17-15)12-5-7-16-8-6-12;1-6-2-4-7(5-3-6)11(8,9)10/h3-5,9-10,16-17H,2,6-8H2,1H3;2-5H,1H3,(H,8,9,10). The molecule has 0 unspecified atom stereocenters. The number of hydrogen-bond donors (Lipinski definition) is 3. The minimum atomic E-state index is -4.02. The molecule has 2 heterocycles. The highest BCUT2D eigenvalue weighted by molar-refractivity contribution is 7.85. The first-order valence-corrected chi connectivity index (χ1v) is 10.9. The highest BCUT2D eigenvalue weighted by Gasteiger charge is 2.11. The maximum absolute atomic E-state index is 10.5. The van der Waals surface area contributed by atoms with Crippen LogP contribution in [0.4, 0.5) is 0 Å². The second-order valence-corrected chi connectivity index (χ2v) is 8.33. The van der Waals surface area contributed by atoms with Gasteiger partial charge in [0.25, 0.3) is 10.1 Å². The van der Waals surface area contributed by atoms with Crippen molar-refractivity contribution in [3.05, 3.63) is 71.4 Å². The van der Waals surface area contributed by atoms with Crippen LogP contribution in [0.25, 0.3) is 16.5 Å². The molecule has 1 aliphatic heterocycles. The van der Waals surface area contributed by atoms with Gasteiger partial charge in [0.2, 0.25) is 0 Å². The Morgan fingerprint density at radius 1 is 1.11 bits per heavy atom. The molecular weight excluding hydrogens is 372 g/mol.